The van der Waals surface area contributed by atoms with E-state index in [1.807, 2.05) is 0 Å². The number of carbonyl (C=O) groups excluding carboxylic acids is 1. The second-order valence-electron chi connectivity index (χ2n) is 3.39. The molecule has 2 unspecified atom stereocenters. The molecule has 0 rings (SSSR count). The van der Waals surface area contributed by atoms with Crippen LogP contribution in [0.4, 0.5) is 4.39 Å². The van der Waals surface area contributed by atoms with Crippen molar-refractivity contribution in [3.8, 4) is 0 Å². The molecule has 1 amide bonds. The van der Waals surface area contributed by atoms with Crippen LogP contribution in [0, 0.1) is 0 Å². The third kappa shape index (κ3) is 12.8. The van der Waals surface area contributed by atoms with Gasteiger partial charge in [-0.2, -0.15) is 0 Å². The molecule has 2 atom stereocenters. The van der Waals surface area contributed by atoms with Crippen molar-refractivity contribution in [3.63, 3.8) is 0 Å². The van der Waals surface area contributed by atoms with Crippen LogP contribution < -0.4 is 5.73 Å². The Kier molecular flexibility index (Phi) is 11.1. The van der Waals surface area contributed by atoms with Gasteiger partial charge in [0.2, 0.25) is 6.41 Å². The lowest BCUT2D eigenvalue weighted by Gasteiger charge is -2.13. The Hall–Kier alpha value is -1.21. The zero-order valence-electron chi connectivity index (χ0n) is 9.47. The molecule has 0 aromatic carbocycles. The molecule has 0 aromatic rings. The summed E-state index contributed by atoms with van der Waals surface area (Å²) < 4.78 is 11.7. The van der Waals surface area contributed by atoms with Gasteiger partial charge in [0.15, 0.2) is 0 Å². The van der Waals surface area contributed by atoms with Gasteiger partial charge in [0.25, 0.3) is 0 Å². The van der Waals surface area contributed by atoms with E-state index in [1.165, 1.54) is 4.90 Å². The van der Waals surface area contributed by atoms with E-state index in [4.69, 9.17) is 15.9 Å². The van der Waals surface area contributed by atoms with Crippen molar-refractivity contribution in [2.24, 2.45) is 5.73 Å². The number of nitrogens with zero attached hydrogens (tertiary/aromatic N) is 1. The van der Waals surface area contributed by atoms with Gasteiger partial charge in [-0.1, -0.05) is 0 Å². The number of carboxylic acid groups (broad SMARTS) is 1. The zero-order chi connectivity index (χ0) is 13.1. The summed E-state index contributed by atoms with van der Waals surface area (Å²) in [7, 11) is 3.38. The van der Waals surface area contributed by atoms with Gasteiger partial charge < -0.3 is 20.8 Å². The number of carboxylic acids is 1. The van der Waals surface area contributed by atoms with Crippen LogP contribution in [0.5, 0.6) is 0 Å². The molecule has 0 aliphatic rings. The number of hydrogen-bond donors (Lipinski definition) is 3. The molecule has 0 bridgehead atoms. The molecule has 16 heavy (non-hydrogen) atoms. The minimum absolute atomic E-state index is 0.0976. The highest BCUT2D eigenvalue weighted by Gasteiger charge is 2.14. The maximum absolute atomic E-state index is 11.7. The van der Waals surface area contributed by atoms with Crippen LogP contribution in [-0.2, 0) is 9.59 Å². The van der Waals surface area contributed by atoms with Crippen molar-refractivity contribution in [1.82, 2.24) is 4.90 Å². The second-order valence-corrected chi connectivity index (χ2v) is 3.39. The second kappa shape index (κ2) is 10.3. The van der Waals surface area contributed by atoms with Crippen LogP contribution in [0.15, 0.2) is 0 Å². The lowest BCUT2D eigenvalue weighted by Crippen LogP contribution is -2.36. The van der Waals surface area contributed by atoms with Gasteiger partial charge in [-0.25, -0.2) is 4.39 Å². The molecule has 4 N–H and O–H groups in total. The Balaban J connectivity index is 0. The predicted octanol–water partition coefficient (Wildman–Crippen LogP) is -0.787. The number of alkyl halides is 1. The standard InChI is InChI=1S/C6H12FNO3.C3H7NO/c7-3-5(9)4(8)1-2-6(10)11;1-4(2)3-5/h4-5,9H,1-3,8H2,(H,10,11);3H,1-2H3. The summed E-state index contributed by atoms with van der Waals surface area (Å²) in [6.07, 6.45) is -0.534. The number of hydrogen-bond acceptors (Lipinski definition) is 4. The average molecular weight is 238 g/mol. The Morgan fingerprint density at radius 3 is 2.25 bits per heavy atom. The third-order valence-corrected chi connectivity index (χ3v) is 1.55. The lowest BCUT2D eigenvalue weighted by molar-refractivity contribution is -0.137. The number of aliphatic hydroxyl groups excluding tert-OH is 1. The van der Waals surface area contributed by atoms with Crippen molar-refractivity contribution < 1.29 is 24.2 Å². The molecule has 96 valence electrons. The largest absolute Gasteiger partial charge is 0.481 e. The van der Waals surface area contributed by atoms with Gasteiger partial charge >= 0.3 is 5.97 Å². The molecule has 0 heterocycles. The van der Waals surface area contributed by atoms with Gasteiger partial charge in [0.1, 0.15) is 6.67 Å². The van der Waals surface area contributed by atoms with Crippen molar-refractivity contribution in [2.75, 3.05) is 20.8 Å². The Bertz CT molecular complexity index is 202. The van der Waals surface area contributed by atoms with Gasteiger partial charge in [0.05, 0.1) is 6.10 Å². The number of halogens is 1. The van der Waals surface area contributed by atoms with Crippen LogP contribution in [0.25, 0.3) is 0 Å². The highest BCUT2D eigenvalue weighted by Crippen LogP contribution is 2.00. The summed E-state index contributed by atoms with van der Waals surface area (Å²) >= 11 is 0. The van der Waals surface area contributed by atoms with E-state index in [9.17, 15) is 14.0 Å². The van der Waals surface area contributed by atoms with Crippen molar-refractivity contribution >= 4 is 12.4 Å². The smallest absolute Gasteiger partial charge is 0.303 e. The highest BCUT2D eigenvalue weighted by atomic mass is 19.1. The summed E-state index contributed by atoms with van der Waals surface area (Å²) in [5.41, 5.74) is 5.22. The lowest BCUT2D eigenvalue weighted by atomic mass is 10.1. The van der Waals surface area contributed by atoms with E-state index in [1.54, 1.807) is 14.1 Å². The summed E-state index contributed by atoms with van der Waals surface area (Å²) in [6.45, 7) is -0.930. The number of rotatable bonds is 6. The van der Waals surface area contributed by atoms with Crippen LogP contribution in [0.1, 0.15) is 12.8 Å². The normalized spacial score (nSPS) is 13.1. The SMILES string of the molecule is CN(C)C=O.NC(CCC(=O)O)C(O)CF. The summed E-state index contributed by atoms with van der Waals surface area (Å²) in [4.78, 5) is 20.9. The molecular weight excluding hydrogens is 219 g/mol. The van der Waals surface area contributed by atoms with Crippen LogP contribution >= 0.6 is 0 Å². The van der Waals surface area contributed by atoms with E-state index in [0.717, 1.165) is 6.41 Å². The third-order valence-electron chi connectivity index (χ3n) is 1.55. The summed E-state index contributed by atoms with van der Waals surface area (Å²) in [5, 5.41) is 16.9. The van der Waals surface area contributed by atoms with E-state index < -0.39 is 24.8 Å². The van der Waals surface area contributed by atoms with Gasteiger partial charge in [-0.15, -0.1) is 0 Å². The molecule has 0 spiro atoms. The summed E-state index contributed by atoms with van der Waals surface area (Å²) in [6, 6.07) is -0.781. The monoisotopic (exact) mass is 238 g/mol. The van der Waals surface area contributed by atoms with Crippen molar-refractivity contribution in [1.29, 1.82) is 0 Å². The van der Waals surface area contributed by atoms with Crippen LogP contribution in [0.2, 0.25) is 0 Å². The first-order valence-electron chi connectivity index (χ1n) is 4.68. The number of nitrogens with two attached hydrogens (primary N) is 1. The Morgan fingerprint density at radius 1 is 1.56 bits per heavy atom. The van der Waals surface area contributed by atoms with E-state index in [-0.39, 0.29) is 12.8 Å². The zero-order valence-corrected chi connectivity index (χ0v) is 9.47. The molecule has 0 saturated carbocycles. The molecule has 7 heteroatoms. The molecular formula is C9H19FN2O4. The topological polar surface area (TPSA) is 104 Å². The molecule has 0 aromatic heterocycles. The molecule has 0 radical (unpaired) electrons. The fourth-order valence-corrected chi connectivity index (χ4v) is 0.597. The van der Waals surface area contributed by atoms with E-state index >= 15 is 0 Å². The number of carbonyl (C=O) groups is 2. The van der Waals surface area contributed by atoms with Crippen LogP contribution in [-0.4, -0.2) is 60.4 Å². The minimum atomic E-state index is -1.24. The van der Waals surface area contributed by atoms with Crippen LogP contribution in [0.3, 0.4) is 0 Å². The van der Waals surface area contributed by atoms with Gasteiger partial charge in [-0.3, -0.25) is 9.59 Å². The maximum atomic E-state index is 11.7. The maximum Gasteiger partial charge on any atom is 0.303 e. The van der Waals surface area contributed by atoms with E-state index in [0.29, 0.717) is 0 Å². The first-order chi connectivity index (χ1) is 7.34. The quantitative estimate of drug-likeness (QED) is 0.526. The fourth-order valence-electron chi connectivity index (χ4n) is 0.597. The predicted molar refractivity (Wildman–Crippen MR) is 56.6 cm³/mol. The number of amides is 1. The van der Waals surface area contributed by atoms with E-state index in [2.05, 4.69) is 0 Å². The summed E-state index contributed by atoms with van der Waals surface area (Å²) in [5.74, 6) is -0.994. The average Bonchev–Trinajstić information content (AvgIpc) is 2.25. The Labute approximate surface area is 93.8 Å². The first kappa shape index (κ1) is 17.2. The molecule has 6 nitrogen and oxygen atoms in total. The Morgan fingerprint density at radius 2 is 2.00 bits per heavy atom. The van der Waals surface area contributed by atoms with Gasteiger partial charge in [0, 0.05) is 26.6 Å². The molecule has 0 fully saturated rings. The van der Waals surface area contributed by atoms with Crippen molar-refractivity contribution in [2.45, 2.75) is 25.0 Å². The molecule has 0 saturated heterocycles. The molecule has 0 aliphatic heterocycles. The molecule has 0 aliphatic carbocycles. The number of aliphatic carboxylic acids is 1. The van der Waals surface area contributed by atoms with Gasteiger partial charge in [-0.05, 0) is 6.42 Å². The fraction of sp³-hybridized carbons (Fsp3) is 0.778. The van der Waals surface area contributed by atoms with Crippen molar-refractivity contribution in [3.05, 3.63) is 0 Å². The highest BCUT2D eigenvalue weighted by molar-refractivity contribution is 5.66. The number of aliphatic hydroxyl groups is 1. The minimum Gasteiger partial charge on any atom is -0.481 e. The first-order valence-corrected chi connectivity index (χ1v) is 4.68.